The van der Waals surface area contributed by atoms with E-state index in [9.17, 15) is 18.0 Å². The number of hydrogen-bond donors (Lipinski definition) is 1. The highest BCUT2D eigenvalue weighted by Gasteiger charge is 2.40. The van der Waals surface area contributed by atoms with Gasteiger partial charge in [-0.15, -0.1) is 0 Å². The van der Waals surface area contributed by atoms with E-state index in [1.165, 1.54) is 12.1 Å². The van der Waals surface area contributed by atoms with Gasteiger partial charge in [-0.25, -0.2) is 0 Å². The summed E-state index contributed by atoms with van der Waals surface area (Å²) in [7, 11) is 1.94. The van der Waals surface area contributed by atoms with Crippen LogP contribution in [0, 0.1) is 6.92 Å². The molecule has 0 radical (unpaired) electrons. The number of aryl methyl sites for hydroxylation is 1. The first kappa shape index (κ1) is 26.0. The molecule has 1 aromatic heterocycles. The molecule has 1 N–H and O–H groups in total. The second kappa shape index (κ2) is 10.8. The van der Waals surface area contributed by atoms with Gasteiger partial charge in [0.15, 0.2) is 5.60 Å². The van der Waals surface area contributed by atoms with Crippen LogP contribution in [0.5, 0.6) is 5.75 Å². The minimum absolute atomic E-state index is 0.156. The summed E-state index contributed by atoms with van der Waals surface area (Å²) in [4.78, 5) is 17.1. The first-order valence-corrected chi connectivity index (χ1v) is 11.6. The minimum atomic E-state index is -4.42. The van der Waals surface area contributed by atoms with Gasteiger partial charge in [-0.1, -0.05) is 0 Å². The van der Waals surface area contributed by atoms with Gasteiger partial charge in [0.2, 0.25) is 0 Å². The molecular weight excluding hydrogens is 447 g/mol. The Balaban J connectivity index is 1.64. The predicted molar refractivity (Wildman–Crippen MR) is 123 cm³/mol. The molecule has 1 aromatic carbocycles. The van der Waals surface area contributed by atoms with Crippen molar-refractivity contribution in [3.8, 4) is 5.75 Å². The van der Waals surface area contributed by atoms with Gasteiger partial charge in [-0.2, -0.15) is 18.3 Å². The van der Waals surface area contributed by atoms with E-state index in [2.05, 4.69) is 10.4 Å². The summed E-state index contributed by atoms with van der Waals surface area (Å²) in [5, 5.41) is 7.74. The highest BCUT2D eigenvalue weighted by Crippen LogP contribution is 2.32. The fraction of sp³-hybridized carbons (Fsp3) is 0.583. The quantitative estimate of drug-likeness (QED) is 0.525. The van der Waals surface area contributed by atoms with Crippen LogP contribution in [0.4, 0.5) is 13.2 Å². The summed E-state index contributed by atoms with van der Waals surface area (Å²) in [6.45, 7) is 9.83. The Kier molecular flexibility index (Phi) is 8.25. The van der Waals surface area contributed by atoms with Crippen LogP contribution in [-0.4, -0.2) is 64.4 Å². The number of amides is 1. The van der Waals surface area contributed by atoms with Gasteiger partial charge in [0, 0.05) is 37.4 Å². The molecular formula is C24H34F3N5O2. The van der Waals surface area contributed by atoms with Crippen molar-refractivity contribution >= 4 is 5.91 Å². The Morgan fingerprint density at radius 2 is 1.91 bits per heavy atom. The summed E-state index contributed by atoms with van der Waals surface area (Å²) in [5.74, 6) is 0.0868. The Labute approximate surface area is 198 Å². The van der Waals surface area contributed by atoms with Crippen LogP contribution in [0.1, 0.15) is 43.5 Å². The number of nitrogens with zero attached hydrogens (tertiary/aromatic N) is 4. The molecule has 7 nitrogen and oxygen atoms in total. The number of rotatable bonds is 10. The molecule has 3 rings (SSSR count). The first-order valence-electron chi connectivity index (χ1n) is 11.6. The third-order valence-electron chi connectivity index (χ3n) is 6.26. The van der Waals surface area contributed by atoms with Crippen molar-refractivity contribution in [3.05, 3.63) is 47.3 Å². The number of ether oxygens (including phenoxy) is 1. The Morgan fingerprint density at radius 1 is 1.21 bits per heavy atom. The van der Waals surface area contributed by atoms with E-state index < -0.39 is 17.3 Å². The van der Waals surface area contributed by atoms with Crippen molar-refractivity contribution in [1.29, 1.82) is 0 Å². The highest BCUT2D eigenvalue weighted by molar-refractivity contribution is 5.85. The van der Waals surface area contributed by atoms with E-state index in [4.69, 9.17) is 4.74 Å². The molecule has 188 valence electrons. The average Bonchev–Trinajstić information content (AvgIpc) is 3.38. The molecule has 1 aliphatic rings. The summed E-state index contributed by atoms with van der Waals surface area (Å²) < 4.78 is 46.8. The van der Waals surface area contributed by atoms with E-state index in [0.717, 1.165) is 36.5 Å². The molecule has 0 bridgehead atoms. The lowest BCUT2D eigenvalue weighted by atomic mass is 9.97. The number of nitrogens with one attached hydrogen (secondary N) is 1. The Bertz CT molecular complexity index is 961. The lowest BCUT2D eigenvalue weighted by molar-refractivity contribution is -0.147. The normalized spacial score (nSPS) is 16.6. The van der Waals surface area contributed by atoms with Gasteiger partial charge < -0.3 is 15.0 Å². The summed E-state index contributed by atoms with van der Waals surface area (Å²) in [5.41, 5.74) is 0.316. The van der Waals surface area contributed by atoms with Gasteiger partial charge in [0.25, 0.3) is 5.91 Å². The molecule has 1 saturated heterocycles. The third kappa shape index (κ3) is 6.29. The van der Waals surface area contributed by atoms with Crippen LogP contribution < -0.4 is 10.1 Å². The molecule has 2 aromatic rings. The zero-order valence-electron chi connectivity index (χ0n) is 20.3. The van der Waals surface area contributed by atoms with E-state index in [0.29, 0.717) is 39.1 Å². The maximum absolute atomic E-state index is 13.4. The van der Waals surface area contributed by atoms with Crippen molar-refractivity contribution in [1.82, 2.24) is 24.9 Å². The number of carbonyl (C=O) groups is 1. The number of aromatic nitrogens is 2. The van der Waals surface area contributed by atoms with Crippen molar-refractivity contribution in [3.63, 3.8) is 0 Å². The van der Waals surface area contributed by atoms with E-state index in [-0.39, 0.29) is 11.7 Å². The zero-order valence-corrected chi connectivity index (χ0v) is 20.3. The minimum Gasteiger partial charge on any atom is -0.478 e. The van der Waals surface area contributed by atoms with Crippen molar-refractivity contribution in [2.24, 2.45) is 0 Å². The van der Waals surface area contributed by atoms with E-state index in [1.807, 2.05) is 36.7 Å². The maximum Gasteiger partial charge on any atom is 0.416 e. The van der Waals surface area contributed by atoms with Crippen LogP contribution >= 0.6 is 0 Å². The number of alkyl halides is 3. The molecule has 0 aliphatic carbocycles. The van der Waals surface area contributed by atoms with Crippen molar-refractivity contribution in [2.75, 3.05) is 33.4 Å². The van der Waals surface area contributed by atoms with Gasteiger partial charge >= 0.3 is 6.18 Å². The molecule has 1 atom stereocenters. The van der Waals surface area contributed by atoms with Gasteiger partial charge in [-0.3, -0.25) is 14.4 Å². The fourth-order valence-corrected chi connectivity index (χ4v) is 4.15. The lowest BCUT2D eigenvalue weighted by Gasteiger charge is -2.33. The molecule has 34 heavy (non-hydrogen) atoms. The SMILES string of the molecule is CCn1ncc(CNCCCC(C)(Oc2ccc(C(F)(F)F)cc2)C(=O)N2CCN(C)C2)c1C. The summed E-state index contributed by atoms with van der Waals surface area (Å²) >= 11 is 0. The van der Waals surface area contributed by atoms with Crippen molar-refractivity contribution in [2.45, 2.75) is 58.5 Å². The van der Waals surface area contributed by atoms with Gasteiger partial charge in [-0.05, 0) is 71.5 Å². The standard InChI is InChI=1S/C24H34F3N5O2/c1-5-32-18(2)19(16-29-32)15-28-12-6-11-23(3,22(33)31-14-13-30(4)17-31)34-21-9-7-20(8-10-21)24(25,26)27/h7-10,16,28H,5-6,11-15,17H2,1-4H3. The molecule has 0 saturated carbocycles. The lowest BCUT2D eigenvalue weighted by Crippen LogP contribution is -2.50. The fourth-order valence-electron chi connectivity index (χ4n) is 4.15. The Morgan fingerprint density at radius 3 is 2.47 bits per heavy atom. The molecule has 10 heteroatoms. The van der Waals surface area contributed by atoms with Crippen LogP contribution in [0.25, 0.3) is 0 Å². The number of likely N-dealkylation sites (N-methyl/N-ethyl adjacent to an activating group) is 1. The smallest absolute Gasteiger partial charge is 0.416 e. The van der Waals surface area contributed by atoms with Crippen molar-refractivity contribution < 1.29 is 22.7 Å². The molecule has 0 spiro atoms. The van der Waals surface area contributed by atoms with E-state index >= 15 is 0 Å². The Hall–Kier alpha value is -2.59. The topological polar surface area (TPSA) is 62.6 Å². The zero-order chi connectivity index (χ0) is 24.9. The molecule has 1 fully saturated rings. The summed E-state index contributed by atoms with van der Waals surface area (Å²) in [6.07, 6.45) is -1.48. The number of halogens is 3. The molecule has 1 unspecified atom stereocenters. The van der Waals surface area contributed by atoms with Crippen LogP contribution in [0.3, 0.4) is 0 Å². The average molecular weight is 482 g/mol. The highest BCUT2D eigenvalue weighted by atomic mass is 19.4. The third-order valence-corrected chi connectivity index (χ3v) is 6.26. The summed E-state index contributed by atoms with van der Waals surface area (Å²) in [6, 6.07) is 4.50. The van der Waals surface area contributed by atoms with Crippen LogP contribution in [0.15, 0.2) is 30.5 Å². The number of carbonyl (C=O) groups excluding carboxylic acids is 1. The largest absolute Gasteiger partial charge is 0.478 e. The van der Waals surface area contributed by atoms with Crippen LogP contribution in [0.2, 0.25) is 0 Å². The van der Waals surface area contributed by atoms with Gasteiger partial charge in [0.05, 0.1) is 18.4 Å². The van der Waals surface area contributed by atoms with E-state index in [1.54, 1.807) is 11.8 Å². The van der Waals surface area contributed by atoms with Crippen LogP contribution in [-0.2, 0) is 24.1 Å². The molecule has 1 aliphatic heterocycles. The number of hydrogen-bond acceptors (Lipinski definition) is 5. The van der Waals surface area contributed by atoms with Gasteiger partial charge in [0.1, 0.15) is 5.75 Å². The monoisotopic (exact) mass is 481 g/mol. The number of benzene rings is 1. The first-order chi connectivity index (χ1) is 16.0. The maximum atomic E-state index is 13.4. The molecule has 2 heterocycles. The second-order valence-corrected chi connectivity index (χ2v) is 9.00. The predicted octanol–water partition coefficient (Wildman–Crippen LogP) is 3.67. The second-order valence-electron chi connectivity index (χ2n) is 9.00. The molecule has 1 amide bonds.